The van der Waals surface area contributed by atoms with Crippen molar-refractivity contribution in [3.63, 3.8) is 0 Å². The summed E-state index contributed by atoms with van der Waals surface area (Å²) >= 11 is 0. The van der Waals surface area contributed by atoms with Crippen LogP contribution in [0.1, 0.15) is 26.7 Å². The molecule has 0 aromatic carbocycles. The molecule has 2 bridgehead atoms. The first-order chi connectivity index (χ1) is 5.65. The summed E-state index contributed by atoms with van der Waals surface area (Å²) in [6, 6.07) is 0. The van der Waals surface area contributed by atoms with Gasteiger partial charge in [-0.15, -0.1) is 0 Å². The lowest BCUT2D eigenvalue weighted by atomic mass is 9.82. The van der Waals surface area contributed by atoms with Gasteiger partial charge in [0.2, 0.25) is 0 Å². The minimum absolute atomic E-state index is 0.148. The first-order valence-electron chi connectivity index (χ1n) is 4.61. The predicted octanol–water partition coefficient (Wildman–Crippen LogP) is 1.49. The molecule has 68 valence electrons. The van der Waals surface area contributed by atoms with E-state index >= 15 is 0 Å². The molecule has 2 nitrogen and oxygen atoms in total. The fourth-order valence-corrected chi connectivity index (χ4v) is 2.23. The summed E-state index contributed by atoms with van der Waals surface area (Å²) in [4.78, 5) is 0. The van der Waals surface area contributed by atoms with E-state index in [2.05, 4.69) is 13.0 Å². The molecule has 0 saturated carbocycles. The summed E-state index contributed by atoms with van der Waals surface area (Å²) in [5, 5.41) is 9.21. The van der Waals surface area contributed by atoms with Gasteiger partial charge in [-0.2, -0.15) is 0 Å². The third-order valence-corrected chi connectivity index (χ3v) is 3.32. The Bertz CT molecular complexity index is 222. The van der Waals surface area contributed by atoms with Crippen LogP contribution < -0.4 is 0 Å². The molecule has 1 heterocycles. The highest BCUT2D eigenvalue weighted by atomic mass is 16.5. The number of rotatable bonds is 1. The predicted molar refractivity (Wildman–Crippen MR) is 46.8 cm³/mol. The molecule has 0 radical (unpaired) electrons. The summed E-state index contributed by atoms with van der Waals surface area (Å²) in [5.74, 6) is 0.524. The molecule has 12 heavy (non-hydrogen) atoms. The Morgan fingerprint density at radius 3 is 3.08 bits per heavy atom. The summed E-state index contributed by atoms with van der Waals surface area (Å²) in [5.41, 5.74) is 1.06. The normalized spacial score (nSPS) is 46.1. The molecule has 1 aliphatic heterocycles. The Kier molecular flexibility index (Phi) is 1.77. The second-order valence-electron chi connectivity index (χ2n) is 4.19. The van der Waals surface area contributed by atoms with Crippen molar-refractivity contribution in [2.24, 2.45) is 5.92 Å². The number of hydrogen-bond donors (Lipinski definition) is 1. The smallest absolute Gasteiger partial charge is 0.0924 e. The molecule has 0 aromatic heterocycles. The van der Waals surface area contributed by atoms with E-state index in [1.165, 1.54) is 5.57 Å². The van der Waals surface area contributed by atoms with Crippen LogP contribution in [-0.4, -0.2) is 23.4 Å². The molecule has 1 N–H and O–H groups in total. The molecule has 2 aliphatic rings. The van der Waals surface area contributed by atoms with Crippen LogP contribution in [0.5, 0.6) is 0 Å². The molecular weight excluding hydrogens is 152 g/mol. The van der Waals surface area contributed by atoms with Gasteiger partial charge in [-0.1, -0.05) is 6.08 Å². The van der Waals surface area contributed by atoms with Crippen LogP contribution in [0.4, 0.5) is 0 Å². The number of aliphatic hydroxyl groups is 1. The van der Waals surface area contributed by atoms with Crippen LogP contribution in [0.3, 0.4) is 0 Å². The van der Waals surface area contributed by atoms with Crippen LogP contribution in [0.25, 0.3) is 0 Å². The lowest BCUT2D eigenvalue weighted by molar-refractivity contribution is -0.0642. The maximum Gasteiger partial charge on any atom is 0.0924 e. The van der Waals surface area contributed by atoms with Gasteiger partial charge in [0.25, 0.3) is 0 Å². The minimum atomic E-state index is -0.279. The zero-order valence-corrected chi connectivity index (χ0v) is 7.71. The molecule has 1 fully saturated rings. The van der Waals surface area contributed by atoms with Gasteiger partial charge in [-0.05, 0) is 38.2 Å². The molecule has 1 saturated heterocycles. The highest BCUT2D eigenvalue weighted by molar-refractivity contribution is 5.16. The molecule has 1 aliphatic carbocycles. The van der Waals surface area contributed by atoms with E-state index in [0.29, 0.717) is 5.92 Å². The van der Waals surface area contributed by atoms with E-state index in [1.54, 1.807) is 0 Å². The van der Waals surface area contributed by atoms with Gasteiger partial charge in [0.15, 0.2) is 0 Å². The van der Waals surface area contributed by atoms with Gasteiger partial charge in [-0.25, -0.2) is 0 Å². The van der Waals surface area contributed by atoms with Crippen LogP contribution in [0.15, 0.2) is 11.6 Å². The molecule has 0 amide bonds. The number of hydrogen-bond acceptors (Lipinski definition) is 2. The Balaban J connectivity index is 2.21. The van der Waals surface area contributed by atoms with E-state index in [9.17, 15) is 5.11 Å². The van der Waals surface area contributed by atoms with Gasteiger partial charge < -0.3 is 9.84 Å². The molecule has 2 rings (SSSR count). The average molecular weight is 168 g/mol. The molecule has 3 atom stereocenters. The lowest BCUT2D eigenvalue weighted by Gasteiger charge is -2.26. The molecule has 0 unspecified atom stereocenters. The highest BCUT2D eigenvalue weighted by Crippen LogP contribution is 2.43. The van der Waals surface area contributed by atoms with Gasteiger partial charge in [-0.3, -0.25) is 0 Å². The summed E-state index contributed by atoms with van der Waals surface area (Å²) < 4.78 is 5.82. The zero-order chi connectivity index (χ0) is 8.77. The molecule has 0 aromatic rings. The first kappa shape index (κ1) is 8.27. The standard InChI is InChI=1S/C10H16O2/c1-7-3-4-8-5-9(7)12-10(8,2)6-11/h3,8-9,11H,4-6H2,1-2H3/t8-,9-,10-/m1/s1. The van der Waals surface area contributed by atoms with Crippen molar-refractivity contribution in [2.45, 2.75) is 38.4 Å². The SMILES string of the molecule is CC1=CC[C@@H]2C[C@H]1O[C@]2(C)CO. The van der Waals surface area contributed by atoms with Crippen LogP contribution >= 0.6 is 0 Å². The second kappa shape index (κ2) is 2.57. The molecular formula is C10H16O2. The fourth-order valence-electron chi connectivity index (χ4n) is 2.23. The summed E-state index contributed by atoms with van der Waals surface area (Å²) in [7, 11) is 0. The Labute approximate surface area is 73.2 Å². The van der Waals surface area contributed by atoms with Gasteiger partial charge in [0.1, 0.15) is 0 Å². The maximum absolute atomic E-state index is 9.21. The minimum Gasteiger partial charge on any atom is -0.393 e. The molecule has 2 heteroatoms. The van der Waals surface area contributed by atoms with Crippen molar-refractivity contribution in [1.82, 2.24) is 0 Å². The number of fused-ring (bicyclic) bond motifs is 2. The maximum atomic E-state index is 9.21. The van der Waals surface area contributed by atoms with E-state index in [-0.39, 0.29) is 18.3 Å². The number of allylic oxidation sites excluding steroid dienone is 1. The van der Waals surface area contributed by atoms with Crippen LogP contribution in [0, 0.1) is 5.92 Å². The van der Waals surface area contributed by atoms with E-state index in [1.807, 2.05) is 6.92 Å². The first-order valence-corrected chi connectivity index (χ1v) is 4.61. The second-order valence-corrected chi connectivity index (χ2v) is 4.19. The average Bonchev–Trinajstić information content (AvgIpc) is 2.35. The monoisotopic (exact) mass is 168 g/mol. The largest absolute Gasteiger partial charge is 0.393 e. The van der Waals surface area contributed by atoms with E-state index < -0.39 is 0 Å². The third-order valence-electron chi connectivity index (χ3n) is 3.32. The van der Waals surface area contributed by atoms with Crippen molar-refractivity contribution in [3.8, 4) is 0 Å². The van der Waals surface area contributed by atoms with Crippen LogP contribution in [-0.2, 0) is 4.74 Å². The van der Waals surface area contributed by atoms with Gasteiger partial charge in [0, 0.05) is 0 Å². The summed E-state index contributed by atoms with van der Waals surface area (Å²) in [6.45, 7) is 4.28. The van der Waals surface area contributed by atoms with E-state index in [0.717, 1.165) is 12.8 Å². The Morgan fingerprint density at radius 2 is 2.50 bits per heavy atom. The van der Waals surface area contributed by atoms with Crippen molar-refractivity contribution >= 4 is 0 Å². The van der Waals surface area contributed by atoms with E-state index in [4.69, 9.17) is 4.74 Å². The number of ether oxygens (including phenoxy) is 1. The zero-order valence-electron chi connectivity index (χ0n) is 7.71. The topological polar surface area (TPSA) is 29.5 Å². The van der Waals surface area contributed by atoms with Gasteiger partial charge in [0.05, 0.1) is 18.3 Å². The van der Waals surface area contributed by atoms with Crippen molar-refractivity contribution in [3.05, 3.63) is 11.6 Å². The third kappa shape index (κ3) is 1.02. The quantitative estimate of drug-likeness (QED) is 0.601. The Morgan fingerprint density at radius 1 is 1.75 bits per heavy atom. The van der Waals surface area contributed by atoms with Gasteiger partial charge >= 0.3 is 0 Å². The molecule has 0 spiro atoms. The van der Waals surface area contributed by atoms with Crippen molar-refractivity contribution in [1.29, 1.82) is 0 Å². The highest BCUT2D eigenvalue weighted by Gasteiger charge is 2.46. The van der Waals surface area contributed by atoms with Crippen molar-refractivity contribution in [2.75, 3.05) is 6.61 Å². The lowest BCUT2D eigenvalue weighted by Crippen LogP contribution is -2.35. The Hall–Kier alpha value is -0.340. The number of aliphatic hydroxyl groups excluding tert-OH is 1. The van der Waals surface area contributed by atoms with Crippen molar-refractivity contribution < 1.29 is 9.84 Å². The summed E-state index contributed by atoms with van der Waals surface area (Å²) in [6.07, 6.45) is 4.69. The fraction of sp³-hybridized carbons (Fsp3) is 0.800. The van der Waals surface area contributed by atoms with Crippen LogP contribution in [0.2, 0.25) is 0 Å².